The molecule has 1 aliphatic heterocycles. The molecule has 0 spiro atoms. The van der Waals surface area contributed by atoms with Crippen molar-refractivity contribution >= 4 is 12.0 Å². The van der Waals surface area contributed by atoms with E-state index >= 15 is 0 Å². The first-order chi connectivity index (χ1) is 11.9. The monoisotopic (exact) mass is 353 g/mol. The van der Waals surface area contributed by atoms with Crippen molar-refractivity contribution < 1.29 is 14.3 Å². The summed E-state index contributed by atoms with van der Waals surface area (Å²) in [5, 5.41) is 3.25. The molecule has 1 saturated carbocycles. The van der Waals surface area contributed by atoms with E-state index in [1.54, 1.807) is 4.90 Å². The standard InChI is InChI=1S/C19H35N3O3/c1-14(2)13-25-19(24)22-11-9-21(10-12-22)16(4)18(23)20-17-8-6-5-7-15(17)3/h14-17H,5-13H2,1-4H3,(H,20,23). The first-order valence-electron chi connectivity index (χ1n) is 9.84. The van der Waals surface area contributed by atoms with Crippen molar-refractivity contribution in [3.05, 3.63) is 0 Å². The van der Waals surface area contributed by atoms with Gasteiger partial charge in [0.15, 0.2) is 0 Å². The van der Waals surface area contributed by atoms with Crippen LogP contribution >= 0.6 is 0 Å². The van der Waals surface area contributed by atoms with Gasteiger partial charge in [-0.3, -0.25) is 9.69 Å². The highest BCUT2D eigenvalue weighted by molar-refractivity contribution is 5.81. The van der Waals surface area contributed by atoms with Gasteiger partial charge >= 0.3 is 6.09 Å². The third-order valence-electron chi connectivity index (χ3n) is 5.48. The van der Waals surface area contributed by atoms with Crippen LogP contribution in [-0.4, -0.2) is 66.7 Å². The van der Waals surface area contributed by atoms with E-state index in [1.807, 2.05) is 20.8 Å². The molecular formula is C19H35N3O3. The van der Waals surface area contributed by atoms with Gasteiger partial charge in [-0.05, 0) is 31.6 Å². The third-order valence-corrected chi connectivity index (χ3v) is 5.48. The molecule has 1 aliphatic carbocycles. The number of carbonyl (C=O) groups is 2. The fraction of sp³-hybridized carbons (Fsp3) is 0.895. The predicted octanol–water partition coefficient (Wildman–Crippen LogP) is 2.48. The van der Waals surface area contributed by atoms with Gasteiger partial charge in [-0.1, -0.05) is 33.6 Å². The number of nitrogens with one attached hydrogen (secondary N) is 1. The van der Waals surface area contributed by atoms with Crippen molar-refractivity contribution in [1.29, 1.82) is 0 Å². The fourth-order valence-electron chi connectivity index (χ4n) is 3.62. The molecular weight excluding hydrogens is 318 g/mol. The normalized spacial score (nSPS) is 26.4. The van der Waals surface area contributed by atoms with Gasteiger partial charge in [-0.2, -0.15) is 0 Å². The molecule has 2 aliphatic rings. The molecule has 3 atom stereocenters. The van der Waals surface area contributed by atoms with Crippen LogP contribution in [0.2, 0.25) is 0 Å². The minimum Gasteiger partial charge on any atom is -0.449 e. The molecule has 0 aromatic heterocycles. The minimum atomic E-state index is -0.235. The van der Waals surface area contributed by atoms with E-state index in [0.717, 1.165) is 6.42 Å². The molecule has 25 heavy (non-hydrogen) atoms. The molecule has 0 radical (unpaired) electrons. The topological polar surface area (TPSA) is 61.9 Å². The van der Waals surface area contributed by atoms with Gasteiger partial charge in [0.25, 0.3) is 0 Å². The summed E-state index contributed by atoms with van der Waals surface area (Å²) >= 11 is 0. The molecule has 3 unspecified atom stereocenters. The Hall–Kier alpha value is -1.30. The van der Waals surface area contributed by atoms with Crippen molar-refractivity contribution in [2.75, 3.05) is 32.8 Å². The number of ether oxygens (including phenoxy) is 1. The van der Waals surface area contributed by atoms with E-state index in [1.165, 1.54) is 19.3 Å². The second-order valence-electron chi connectivity index (χ2n) is 8.05. The summed E-state index contributed by atoms with van der Waals surface area (Å²) in [6, 6.07) is 0.166. The van der Waals surface area contributed by atoms with Gasteiger partial charge < -0.3 is 15.0 Å². The van der Waals surface area contributed by atoms with E-state index in [-0.39, 0.29) is 18.0 Å². The Morgan fingerprint density at radius 2 is 1.72 bits per heavy atom. The van der Waals surface area contributed by atoms with Crippen LogP contribution in [0, 0.1) is 11.8 Å². The lowest BCUT2D eigenvalue weighted by Crippen LogP contribution is -2.56. The molecule has 2 fully saturated rings. The molecule has 1 saturated heterocycles. The maximum Gasteiger partial charge on any atom is 0.409 e. The molecule has 2 rings (SSSR count). The highest BCUT2D eigenvalue weighted by Gasteiger charge is 2.30. The lowest BCUT2D eigenvalue weighted by atomic mass is 9.86. The molecule has 2 amide bonds. The molecule has 6 heteroatoms. The number of hydrogen-bond donors (Lipinski definition) is 1. The quantitative estimate of drug-likeness (QED) is 0.825. The largest absolute Gasteiger partial charge is 0.449 e. The van der Waals surface area contributed by atoms with Crippen LogP contribution in [0.5, 0.6) is 0 Å². The lowest BCUT2D eigenvalue weighted by molar-refractivity contribution is -0.127. The summed E-state index contributed by atoms with van der Waals surface area (Å²) in [5.74, 6) is 1.03. The van der Waals surface area contributed by atoms with Gasteiger partial charge in [0, 0.05) is 32.2 Å². The molecule has 6 nitrogen and oxygen atoms in total. The second-order valence-corrected chi connectivity index (χ2v) is 8.05. The lowest BCUT2D eigenvalue weighted by Gasteiger charge is -2.38. The number of hydrogen-bond acceptors (Lipinski definition) is 4. The van der Waals surface area contributed by atoms with Crippen molar-refractivity contribution in [1.82, 2.24) is 15.1 Å². The summed E-state index contributed by atoms with van der Waals surface area (Å²) in [6.07, 6.45) is 4.55. The number of carbonyl (C=O) groups excluding carboxylic acids is 2. The van der Waals surface area contributed by atoms with E-state index in [9.17, 15) is 9.59 Å². The maximum atomic E-state index is 12.6. The van der Waals surface area contributed by atoms with Crippen molar-refractivity contribution in [3.8, 4) is 0 Å². The highest BCUT2D eigenvalue weighted by atomic mass is 16.6. The van der Waals surface area contributed by atoms with Gasteiger partial charge in [0.05, 0.1) is 12.6 Å². The summed E-state index contributed by atoms with van der Waals surface area (Å²) in [4.78, 5) is 28.5. The van der Waals surface area contributed by atoms with E-state index in [4.69, 9.17) is 4.74 Å². The summed E-state index contributed by atoms with van der Waals surface area (Å²) in [7, 11) is 0. The average Bonchev–Trinajstić information content (AvgIpc) is 2.61. The van der Waals surface area contributed by atoms with Crippen LogP contribution in [0.3, 0.4) is 0 Å². The van der Waals surface area contributed by atoms with Crippen LogP contribution < -0.4 is 5.32 Å². The minimum absolute atomic E-state index is 0.120. The van der Waals surface area contributed by atoms with Crippen LogP contribution in [0.25, 0.3) is 0 Å². The average molecular weight is 354 g/mol. The zero-order chi connectivity index (χ0) is 18.4. The number of rotatable bonds is 5. The van der Waals surface area contributed by atoms with E-state index < -0.39 is 0 Å². The van der Waals surface area contributed by atoms with Crippen molar-refractivity contribution in [2.45, 2.75) is 65.5 Å². The maximum absolute atomic E-state index is 12.6. The van der Waals surface area contributed by atoms with Crippen molar-refractivity contribution in [3.63, 3.8) is 0 Å². The van der Waals surface area contributed by atoms with Gasteiger partial charge in [0.1, 0.15) is 0 Å². The Bertz CT molecular complexity index is 447. The van der Waals surface area contributed by atoms with Crippen LogP contribution in [0.15, 0.2) is 0 Å². The molecule has 1 heterocycles. The Morgan fingerprint density at radius 1 is 1.08 bits per heavy atom. The van der Waals surface area contributed by atoms with Crippen molar-refractivity contribution in [2.24, 2.45) is 11.8 Å². The molecule has 0 bridgehead atoms. The highest BCUT2D eigenvalue weighted by Crippen LogP contribution is 2.24. The Labute approximate surface area is 152 Å². The fourth-order valence-corrected chi connectivity index (χ4v) is 3.62. The Kier molecular flexibility index (Phi) is 7.54. The Balaban J connectivity index is 1.75. The zero-order valence-electron chi connectivity index (χ0n) is 16.3. The second kappa shape index (κ2) is 9.41. The van der Waals surface area contributed by atoms with Crippen LogP contribution in [0.4, 0.5) is 4.79 Å². The molecule has 0 aromatic carbocycles. The van der Waals surface area contributed by atoms with Crippen LogP contribution in [0.1, 0.15) is 53.4 Å². The van der Waals surface area contributed by atoms with Gasteiger partial charge in [-0.15, -0.1) is 0 Å². The van der Waals surface area contributed by atoms with E-state index in [2.05, 4.69) is 17.1 Å². The van der Waals surface area contributed by atoms with Crippen LogP contribution in [-0.2, 0) is 9.53 Å². The molecule has 0 aromatic rings. The number of piperazine rings is 1. The number of nitrogens with zero attached hydrogens (tertiary/aromatic N) is 2. The third kappa shape index (κ3) is 5.87. The first kappa shape index (κ1) is 20.0. The summed E-state index contributed by atoms with van der Waals surface area (Å²) < 4.78 is 5.29. The SMILES string of the molecule is CC(C)COC(=O)N1CCN(C(C)C(=O)NC2CCCCC2C)CC1. The van der Waals surface area contributed by atoms with E-state index in [0.29, 0.717) is 50.7 Å². The smallest absolute Gasteiger partial charge is 0.409 e. The predicted molar refractivity (Wildman–Crippen MR) is 98.4 cm³/mol. The first-order valence-corrected chi connectivity index (χ1v) is 9.84. The van der Waals surface area contributed by atoms with Gasteiger partial charge in [0.2, 0.25) is 5.91 Å². The Morgan fingerprint density at radius 3 is 2.32 bits per heavy atom. The molecule has 1 N–H and O–H groups in total. The molecule has 144 valence electrons. The summed E-state index contributed by atoms with van der Waals surface area (Å²) in [6.45, 7) is 11.4. The number of amides is 2. The summed E-state index contributed by atoms with van der Waals surface area (Å²) in [5.41, 5.74) is 0. The van der Waals surface area contributed by atoms with Gasteiger partial charge in [-0.25, -0.2) is 4.79 Å². The zero-order valence-corrected chi connectivity index (χ0v) is 16.3.